The van der Waals surface area contributed by atoms with Gasteiger partial charge in [-0.25, -0.2) is 13.9 Å². The molecule has 1 amide bonds. The maximum Gasteiger partial charge on any atom is 0.306 e. The summed E-state index contributed by atoms with van der Waals surface area (Å²) in [6.45, 7) is 5.25. The Balaban J connectivity index is 1.55. The van der Waals surface area contributed by atoms with Crippen LogP contribution in [0.15, 0.2) is 24.3 Å². The predicted molar refractivity (Wildman–Crippen MR) is 107 cm³/mol. The highest BCUT2D eigenvalue weighted by molar-refractivity contribution is 6.33. The molecule has 0 aliphatic rings. The number of halogens is 2. The molecule has 2 heterocycles. The third kappa shape index (κ3) is 4.89. The zero-order chi connectivity index (χ0) is 21.1. The average molecular weight is 419 g/mol. The van der Waals surface area contributed by atoms with E-state index in [2.05, 4.69) is 15.4 Å². The van der Waals surface area contributed by atoms with E-state index >= 15 is 0 Å². The molecule has 0 aliphatic heterocycles. The molecule has 0 saturated heterocycles. The van der Waals surface area contributed by atoms with E-state index in [0.29, 0.717) is 6.42 Å². The molecule has 0 unspecified atom stereocenters. The summed E-state index contributed by atoms with van der Waals surface area (Å²) in [5.41, 5.74) is 4.53. The fourth-order valence-corrected chi connectivity index (χ4v) is 3.24. The molecule has 152 valence electrons. The number of benzene rings is 1. The Bertz CT molecular complexity index is 1100. The molecule has 1 aromatic carbocycles. The second-order valence-corrected chi connectivity index (χ2v) is 7.06. The molecular weight excluding hydrogens is 399 g/mol. The maximum atomic E-state index is 13.0. The molecule has 0 spiro atoms. The monoisotopic (exact) mass is 418 g/mol. The smallest absolute Gasteiger partial charge is 0.306 e. The number of carbonyl (C=O) groups excluding carboxylic acids is 2. The lowest BCUT2D eigenvalue weighted by Crippen LogP contribution is -2.21. The number of anilines is 1. The quantitative estimate of drug-likeness (QED) is 0.618. The minimum atomic E-state index is -0.561. The van der Waals surface area contributed by atoms with Crippen molar-refractivity contribution in [2.45, 2.75) is 33.6 Å². The van der Waals surface area contributed by atoms with Gasteiger partial charge in [0.05, 0.1) is 16.4 Å². The van der Waals surface area contributed by atoms with Crippen molar-refractivity contribution in [2.24, 2.45) is 0 Å². The van der Waals surface area contributed by atoms with E-state index in [-0.39, 0.29) is 17.1 Å². The number of carbonyl (C=O) groups is 2. The summed E-state index contributed by atoms with van der Waals surface area (Å²) in [5, 5.41) is 6.94. The third-order valence-electron chi connectivity index (χ3n) is 4.43. The lowest BCUT2D eigenvalue weighted by molar-refractivity contribution is -0.147. The number of hydrogen-bond donors (Lipinski definition) is 1. The minimum absolute atomic E-state index is 0.0624. The van der Waals surface area contributed by atoms with Crippen LogP contribution in [-0.2, 0) is 20.7 Å². The van der Waals surface area contributed by atoms with E-state index in [1.54, 1.807) is 4.52 Å². The minimum Gasteiger partial charge on any atom is -0.456 e. The van der Waals surface area contributed by atoms with Gasteiger partial charge >= 0.3 is 5.97 Å². The number of ether oxygens (including phenoxy) is 1. The summed E-state index contributed by atoms with van der Waals surface area (Å²) in [6, 6.07) is 5.48. The van der Waals surface area contributed by atoms with E-state index in [9.17, 15) is 14.0 Å². The lowest BCUT2D eigenvalue weighted by Gasteiger charge is -2.11. The van der Waals surface area contributed by atoms with Crippen molar-refractivity contribution >= 4 is 34.8 Å². The van der Waals surface area contributed by atoms with Gasteiger partial charge in [0.2, 0.25) is 0 Å². The molecule has 9 heteroatoms. The van der Waals surface area contributed by atoms with Gasteiger partial charge in [-0.1, -0.05) is 11.6 Å². The zero-order valence-electron chi connectivity index (χ0n) is 16.3. The zero-order valence-corrected chi connectivity index (χ0v) is 17.0. The third-order valence-corrected chi connectivity index (χ3v) is 4.75. The second-order valence-electron chi connectivity index (χ2n) is 6.65. The van der Waals surface area contributed by atoms with Crippen LogP contribution in [0.3, 0.4) is 0 Å². The molecule has 0 saturated carbocycles. The molecule has 3 aromatic rings. The molecule has 0 aliphatic carbocycles. The largest absolute Gasteiger partial charge is 0.456 e. The van der Waals surface area contributed by atoms with Crippen LogP contribution in [0.1, 0.15) is 29.1 Å². The Labute approximate surface area is 171 Å². The van der Waals surface area contributed by atoms with Gasteiger partial charge in [-0.05, 0) is 51.0 Å². The summed E-state index contributed by atoms with van der Waals surface area (Å²) in [5.74, 6) is -1.59. The van der Waals surface area contributed by atoms with Gasteiger partial charge in [-0.2, -0.15) is 5.10 Å². The Morgan fingerprint density at radius 2 is 2.00 bits per heavy atom. The molecule has 1 N–H and O–H groups in total. The summed E-state index contributed by atoms with van der Waals surface area (Å²) in [7, 11) is 0. The first kappa shape index (κ1) is 20.7. The van der Waals surface area contributed by atoms with Crippen LogP contribution >= 0.6 is 11.6 Å². The molecule has 3 rings (SSSR count). The molecule has 7 nitrogen and oxygen atoms in total. The SMILES string of the molecule is Cc1cc2nc(C)c(CCC(=O)OCC(=O)Nc3ccc(F)cc3Cl)c(C)n2n1. The fourth-order valence-electron chi connectivity index (χ4n) is 3.03. The Hall–Kier alpha value is -3.00. The average Bonchev–Trinajstić information content (AvgIpc) is 3.02. The van der Waals surface area contributed by atoms with E-state index in [0.717, 1.165) is 34.4 Å². The Kier molecular flexibility index (Phi) is 6.12. The molecule has 29 heavy (non-hydrogen) atoms. The van der Waals surface area contributed by atoms with Crippen LogP contribution in [0.2, 0.25) is 5.02 Å². The molecule has 0 atom stereocenters. The standard InChI is InChI=1S/C20H20ClFN4O3/c1-11-8-18-23-12(2)15(13(3)26(18)25-11)5-7-20(28)29-10-19(27)24-17-6-4-14(22)9-16(17)21/h4,6,8-9H,5,7,10H2,1-3H3,(H,24,27). The van der Waals surface area contributed by atoms with Gasteiger partial charge in [0.1, 0.15) is 5.82 Å². The van der Waals surface area contributed by atoms with Crippen LogP contribution in [0.4, 0.5) is 10.1 Å². The highest BCUT2D eigenvalue weighted by atomic mass is 35.5. The van der Waals surface area contributed by atoms with Gasteiger partial charge in [0.15, 0.2) is 12.3 Å². The van der Waals surface area contributed by atoms with Crippen molar-refractivity contribution in [1.82, 2.24) is 14.6 Å². The van der Waals surface area contributed by atoms with E-state index < -0.39 is 24.3 Å². The lowest BCUT2D eigenvalue weighted by atomic mass is 10.1. The van der Waals surface area contributed by atoms with Crippen molar-refractivity contribution in [3.63, 3.8) is 0 Å². The van der Waals surface area contributed by atoms with E-state index in [1.807, 2.05) is 26.8 Å². The van der Waals surface area contributed by atoms with E-state index in [4.69, 9.17) is 16.3 Å². The molecule has 0 fully saturated rings. The normalized spacial score (nSPS) is 10.9. The number of hydrogen-bond acceptors (Lipinski definition) is 5. The number of fused-ring (bicyclic) bond motifs is 1. The maximum absolute atomic E-state index is 13.0. The van der Waals surface area contributed by atoms with Crippen molar-refractivity contribution < 1.29 is 18.7 Å². The number of amides is 1. The molecule has 0 bridgehead atoms. The number of nitrogens with one attached hydrogen (secondary N) is 1. The number of esters is 1. The number of nitrogens with zero attached hydrogens (tertiary/aromatic N) is 3. The number of aromatic nitrogens is 3. The van der Waals surface area contributed by atoms with Crippen LogP contribution in [0.25, 0.3) is 5.65 Å². The van der Waals surface area contributed by atoms with E-state index in [1.165, 1.54) is 12.1 Å². The van der Waals surface area contributed by atoms with Gasteiger partial charge in [-0.15, -0.1) is 0 Å². The van der Waals surface area contributed by atoms with Crippen LogP contribution < -0.4 is 5.32 Å². The second kappa shape index (κ2) is 8.57. The molecular formula is C20H20ClFN4O3. The highest BCUT2D eigenvalue weighted by Crippen LogP contribution is 2.22. The van der Waals surface area contributed by atoms with Crippen LogP contribution in [-0.4, -0.2) is 33.1 Å². The molecule has 0 radical (unpaired) electrons. The predicted octanol–water partition coefficient (Wildman–Crippen LogP) is 3.56. The Morgan fingerprint density at radius 1 is 1.24 bits per heavy atom. The van der Waals surface area contributed by atoms with Crippen molar-refractivity contribution in [2.75, 3.05) is 11.9 Å². The van der Waals surface area contributed by atoms with Crippen LogP contribution in [0, 0.1) is 26.6 Å². The summed E-state index contributed by atoms with van der Waals surface area (Å²) >= 11 is 5.85. The van der Waals surface area contributed by atoms with Crippen LogP contribution in [0.5, 0.6) is 0 Å². The Morgan fingerprint density at radius 3 is 2.72 bits per heavy atom. The number of aryl methyl sites for hydroxylation is 3. The summed E-state index contributed by atoms with van der Waals surface area (Å²) in [4.78, 5) is 28.5. The van der Waals surface area contributed by atoms with Gasteiger partial charge in [0.25, 0.3) is 5.91 Å². The van der Waals surface area contributed by atoms with Gasteiger partial charge in [-0.3, -0.25) is 9.59 Å². The van der Waals surface area contributed by atoms with Crippen molar-refractivity contribution in [3.05, 3.63) is 57.8 Å². The fraction of sp³-hybridized carbons (Fsp3) is 0.300. The number of rotatable bonds is 6. The van der Waals surface area contributed by atoms with Gasteiger partial charge < -0.3 is 10.1 Å². The summed E-state index contributed by atoms with van der Waals surface area (Å²) in [6.07, 6.45) is 0.517. The molecule has 2 aromatic heterocycles. The summed E-state index contributed by atoms with van der Waals surface area (Å²) < 4.78 is 19.8. The topological polar surface area (TPSA) is 85.6 Å². The van der Waals surface area contributed by atoms with Gasteiger partial charge in [0, 0.05) is 23.9 Å². The highest BCUT2D eigenvalue weighted by Gasteiger charge is 2.14. The first-order valence-electron chi connectivity index (χ1n) is 8.97. The van der Waals surface area contributed by atoms with Crippen molar-refractivity contribution in [3.8, 4) is 0 Å². The first-order valence-corrected chi connectivity index (χ1v) is 9.35. The van der Waals surface area contributed by atoms with Crippen molar-refractivity contribution in [1.29, 1.82) is 0 Å². The first-order chi connectivity index (χ1) is 13.7.